The highest BCUT2D eigenvalue weighted by atomic mass is 35.5. The first kappa shape index (κ1) is 21.7. The van der Waals surface area contributed by atoms with Crippen LogP contribution in [0.3, 0.4) is 0 Å². The highest BCUT2D eigenvalue weighted by molar-refractivity contribution is 6.32. The summed E-state index contributed by atoms with van der Waals surface area (Å²) < 4.78 is 5.67. The minimum absolute atomic E-state index is 0.291. The van der Waals surface area contributed by atoms with Gasteiger partial charge in [0.25, 0.3) is 5.91 Å². The number of halogens is 2. The molecule has 4 nitrogen and oxygen atoms in total. The number of amides is 1. The van der Waals surface area contributed by atoms with Crippen LogP contribution in [0.2, 0.25) is 10.0 Å². The number of ether oxygens (including phenoxy) is 1. The molecule has 1 N–H and O–H groups in total. The smallest absolute Gasteiger partial charge is 0.265 e. The van der Waals surface area contributed by atoms with Gasteiger partial charge in [-0.25, -0.2) is 0 Å². The van der Waals surface area contributed by atoms with E-state index in [4.69, 9.17) is 27.9 Å². The molecule has 0 unspecified atom stereocenters. The zero-order chi connectivity index (χ0) is 21.7. The third-order valence-corrected chi connectivity index (χ3v) is 5.25. The van der Waals surface area contributed by atoms with Crippen molar-refractivity contribution in [3.8, 4) is 11.8 Å². The van der Waals surface area contributed by atoms with Crippen molar-refractivity contribution in [3.63, 3.8) is 0 Å². The average Bonchev–Trinajstić information content (AvgIpc) is 2.74. The van der Waals surface area contributed by atoms with Crippen molar-refractivity contribution < 1.29 is 9.53 Å². The Labute approximate surface area is 186 Å². The van der Waals surface area contributed by atoms with Crippen LogP contribution in [0.25, 0.3) is 0 Å². The topological polar surface area (TPSA) is 62.1 Å². The second-order valence-electron chi connectivity index (χ2n) is 6.86. The largest absolute Gasteiger partial charge is 0.481 e. The van der Waals surface area contributed by atoms with Crippen LogP contribution < -0.4 is 10.1 Å². The standard InChI is InChI=1S/C24H20Cl2N2O2/c1-15-12-20(21(14-27)17-8-10-18(25)11-9-17)22(26)13-23(15)28-24(29)16(2)30-19-6-4-3-5-7-19/h3-13,16,21H,1-2H3,(H,28,29)/t16-,21-/m0/s1. The summed E-state index contributed by atoms with van der Waals surface area (Å²) in [6.45, 7) is 3.54. The number of rotatable bonds is 6. The van der Waals surface area contributed by atoms with Crippen molar-refractivity contribution in [1.29, 1.82) is 5.26 Å². The fourth-order valence-corrected chi connectivity index (χ4v) is 3.43. The van der Waals surface area contributed by atoms with Gasteiger partial charge >= 0.3 is 0 Å². The molecule has 0 saturated heterocycles. The Morgan fingerprint density at radius 2 is 1.73 bits per heavy atom. The molecule has 0 heterocycles. The van der Waals surface area contributed by atoms with Crippen molar-refractivity contribution in [3.05, 3.63) is 93.5 Å². The lowest BCUT2D eigenvalue weighted by atomic mass is 9.91. The summed E-state index contributed by atoms with van der Waals surface area (Å²) in [5, 5.41) is 13.6. The Kier molecular flexibility index (Phi) is 6.99. The van der Waals surface area contributed by atoms with Crippen molar-refractivity contribution in [2.24, 2.45) is 0 Å². The Morgan fingerprint density at radius 3 is 2.37 bits per heavy atom. The van der Waals surface area contributed by atoms with Gasteiger partial charge in [-0.05, 0) is 60.9 Å². The highest BCUT2D eigenvalue weighted by Crippen LogP contribution is 2.34. The number of nitriles is 1. The van der Waals surface area contributed by atoms with E-state index in [1.54, 1.807) is 49.4 Å². The van der Waals surface area contributed by atoms with Crippen LogP contribution in [0.5, 0.6) is 5.75 Å². The molecule has 0 spiro atoms. The first-order valence-corrected chi connectivity index (χ1v) is 10.1. The monoisotopic (exact) mass is 438 g/mol. The lowest BCUT2D eigenvalue weighted by Crippen LogP contribution is -2.30. The van der Waals surface area contributed by atoms with Crippen LogP contribution in [0.1, 0.15) is 29.5 Å². The van der Waals surface area contributed by atoms with Gasteiger partial charge in [0, 0.05) is 15.7 Å². The maximum Gasteiger partial charge on any atom is 0.265 e. The summed E-state index contributed by atoms with van der Waals surface area (Å²) in [6.07, 6.45) is -0.689. The van der Waals surface area contributed by atoms with E-state index in [0.29, 0.717) is 27.0 Å². The molecular formula is C24H20Cl2N2O2. The Bertz CT molecular complexity index is 1080. The van der Waals surface area contributed by atoms with Gasteiger partial charge in [0.05, 0.1) is 12.0 Å². The molecule has 1 amide bonds. The summed E-state index contributed by atoms with van der Waals surface area (Å²) in [4.78, 5) is 12.6. The van der Waals surface area contributed by atoms with E-state index in [1.807, 2.05) is 31.2 Å². The van der Waals surface area contributed by atoms with Crippen LogP contribution in [-0.2, 0) is 4.79 Å². The molecule has 0 bridgehead atoms. The molecule has 152 valence electrons. The number of benzene rings is 3. The van der Waals surface area contributed by atoms with Gasteiger partial charge < -0.3 is 10.1 Å². The predicted octanol–water partition coefficient (Wildman–Crippen LogP) is 6.36. The number of aryl methyl sites for hydroxylation is 1. The number of carbonyl (C=O) groups is 1. The Morgan fingerprint density at radius 1 is 1.07 bits per heavy atom. The minimum Gasteiger partial charge on any atom is -0.481 e. The number of hydrogen-bond donors (Lipinski definition) is 1. The fraction of sp³-hybridized carbons (Fsp3) is 0.167. The predicted molar refractivity (Wildman–Crippen MR) is 120 cm³/mol. The average molecular weight is 439 g/mol. The van der Waals surface area contributed by atoms with Gasteiger partial charge in [0.2, 0.25) is 0 Å². The van der Waals surface area contributed by atoms with Gasteiger partial charge in [0.15, 0.2) is 6.10 Å². The van der Waals surface area contributed by atoms with Gasteiger partial charge in [0.1, 0.15) is 5.75 Å². The van der Waals surface area contributed by atoms with Gasteiger partial charge in [-0.1, -0.05) is 59.6 Å². The first-order chi connectivity index (χ1) is 14.4. The molecule has 0 aliphatic rings. The minimum atomic E-state index is -0.689. The fourth-order valence-electron chi connectivity index (χ4n) is 3.03. The van der Waals surface area contributed by atoms with E-state index in [9.17, 15) is 10.1 Å². The van der Waals surface area contributed by atoms with Crippen LogP contribution in [0, 0.1) is 18.3 Å². The molecular weight excluding hydrogens is 419 g/mol. The number of nitrogens with zero attached hydrogens (tertiary/aromatic N) is 1. The van der Waals surface area contributed by atoms with E-state index in [1.165, 1.54) is 0 Å². The van der Waals surface area contributed by atoms with E-state index in [2.05, 4.69) is 11.4 Å². The summed E-state index contributed by atoms with van der Waals surface area (Å²) in [6, 6.07) is 22.0. The summed E-state index contributed by atoms with van der Waals surface area (Å²) in [5.41, 5.74) is 2.84. The van der Waals surface area contributed by atoms with Crippen LogP contribution in [0.4, 0.5) is 5.69 Å². The molecule has 0 radical (unpaired) electrons. The Hall–Kier alpha value is -3.00. The van der Waals surface area contributed by atoms with E-state index in [-0.39, 0.29) is 5.91 Å². The van der Waals surface area contributed by atoms with Crippen molar-refractivity contribution in [2.45, 2.75) is 25.9 Å². The summed E-state index contributed by atoms with van der Waals surface area (Å²) >= 11 is 12.4. The molecule has 3 rings (SSSR count). The van der Waals surface area contributed by atoms with Gasteiger partial charge in [-0.3, -0.25) is 4.79 Å². The molecule has 0 saturated carbocycles. The van der Waals surface area contributed by atoms with Crippen molar-refractivity contribution >= 4 is 34.8 Å². The molecule has 2 atom stereocenters. The van der Waals surface area contributed by atoms with Crippen LogP contribution in [0.15, 0.2) is 66.7 Å². The third-order valence-electron chi connectivity index (χ3n) is 4.67. The Balaban J connectivity index is 1.79. The second kappa shape index (κ2) is 9.67. The normalized spacial score (nSPS) is 12.5. The molecule has 6 heteroatoms. The lowest BCUT2D eigenvalue weighted by Gasteiger charge is -2.18. The molecule has 30 heavy (non-hydrogen) atoms. The lowest BCUT2D eigenvalue weighted by molar-refractivity contribution is -0.122. The first-order valence-electron chi connectivity index (χ1n) is 9.36. The quantitative estimate of drug-likeness (QED) is 0.486. The zero-order valence-electron chi connectivity index (χ0n) is 16.5. The number of para-hydroxylation sites is 1. The number of anilines is 1. The highest BCUT2D eigenvalue weighted by Gasteiger charge is 2.20. The van der Waals surface area contributed by atoms with Gasteiger partial charge in [-0.15, -0.1) is 0 Å². The molecule has 0 aliphatic heterocycles. The maximum atomic E-state index is 12.6. The second-order valence-corrected chi connectivity index (χ2v) is 7.71. The SMILES string of the molecule is Cc1cc([C@@H](C#N)c2ccc(Cl)cc2)c(Cl)cc1NC(=O)[C@H](C)Oc1ccccc1. The summed E-state index contributed by atoms with van der Waals surface area (Å²) in [5.74, 6) is -0.219. The van der Waals surface area contributed by atoms with Crippen LogP contribution >= 0.6 is 23.2 Å². The summed E-state index contributed by atoms with van der Waals surface area (Å²) in [7, 11) is 0. The van der Waals surface area contributed by atoms with Crippen molar-refractivity contribution in [1.82, 2.24) is 0 Å². The van der Waals surface area contributed by atoms with Crippen molar-refractivity contribution in [2.75, 3.05) is 5.32 Å². The number of nitrogens with one attached hydrogen (secondary N) is 1. The molecule has 0 fully saturated rings. The molecule has 0 aliphatic carbocycles. The molecule has 3 aromatic rings. The number of hydrogen-bond acceptors (Lipinski definition) is 3. The van der Waals surface area contributed by atoms with E-state index >= 15 is 0 Å². The van der Waals surface area contributed by atoms with Crippen LogP contribution in [-0.4, -0.2) is 12.0 Å². The molecule has 3 aromatic carbocycles. The maximum absolute atomic E-state index is 12.6. The molecule has 0 aromatic heterocycles. The zero-order valence-corrected chi connectivity index (χ0v) is 18.0. The third kappa shape index (κ3) is 5.13. The van der Waals surface area contributed by atoms with E-state index < -0.39 is 12.0 Å². The van der Waals surface area contributed by atoms with Gasteiger partial charge in [-0.2, -0.15) is 5.26 Å². The number of carbonyl (C=O) groups excluding carboxylic acids is 1. The van der Waals surface area contributed by atoms with E-state index in [0.717, 1.165) is 11.1 Å².